The lowest BCUT2D eigenvalue weighted by atomic mass is 9.88. The molecule has 0 aliphatic heterocycles. The van der Waals surface area contributed by atoms with E-state index in [1.165, 1.54) is 5.56 Å². The zero-order valence-corrected chi connectivity index (χ0v) is 9.29. The second-order valence-electron chi connectivity index (χ2n) is 4.53. The standard InChI is InChI=1S/C13H19O/c1-11(13(2,3)14)9-10-12-7-5-4-6-8-12/h4-8,11H,9-10H2,1-3H3. The largest absolute Gasteiger partial charge is 0.230 e. The van der Waals surface area contributed by atoms with E-state index in [4.69, 9.17) is 0 Å². The molecule has 0 fully saturated rings. The number of aryl methyl sites for hydroxylation is 1. The third kappa shape index (κ3) is 3.51. The third-order valence-corrected chi connectivity index (χ3v) is 2.90. The van der Waals surface area contributed by atoms with E-state index in [0.717, 1.165) is 12.8 Å². The van der Waals surface area contributed by atoms with E-state index in [9.17, 15) is 5.11 Å². The Morgan fingerprint density at radius 3 is 2.29 bits per heavy atom. The second-order valence-corrected chi connectivity index (χ2v) is 4.53. The number of benzene rings is 1. The minimum atomic E-state index is -0.811. The Morgan fingerprint density at radius 1 is 1.21 bits per heavy atom. The van der Waals surface area contributed by atoms with Gasteiger partial charge in [-0.3, -0.25) is 0 Å². The van der Waals surface area contributed by atoms with Crippen LogP contribution < -0.4 is 0 Å². The first-order valence-electron chi connectivity index (χ1n) is 5.24. The van der Waals surface area contributed by atoms with Crippen molar-refractivity contribution in [3.05, 3.63) is 35.9 Å². The van der Waals surface area contributed by atoms with Crippen LogP contribution in [0.4, 0.5) is 0 Å². The van der Waals surface area contributed by atoms with Crippen molar-refractivity contribution in [2.24, 2.45) is 5.92 Å². The second kappa shape index (κ2) is 4.61. The van der Waals surface area contributed by atoms with Gasteiger partial charge in [-0.25, -0.2) is 5.11 Å². The van der Waals surface area contributed by atoms with Gasteiger partial charge in [0, 0.05) is 0 Å². The molecule has 0 saturated carbocycles. The van der Waals surface area contributed by atoms with Crippen molar-refractivity contribution < 1.29 is 5.11 Å². The summed E-state index contributed by atoms with van der Waals surface area (Å²) in [5.41, 5.74) is 0.512. The summed E-state index contributed by atoms with van der Waals surface area (Å²) >= 11 is 0. The molecular formula is C13H19O. The van der Waals surface area contributed by atoms with E-state index in [2.05, 4.69) is 12.1 Å². The summed E-state index contributed by atoms with van der Waals surface area (Å²) in [5, 5.41) is 11.6. The molecule has 1 unspecified atom stereocenters. The average molecular weight is 191 g/mol. The lowest BCUT2D eigenvalue weighted by molar-refractivity contribution is -0.0432. The van der Waals surface area contributed by atoms with Crippen molar-refractivity contribution >= 4 is 0 Å². The molecule has 0 aromatic heterocycles. The zero-order chi connectivity index (χ0) is 10.6. The summed E-state index contributed by atoms with van der Waals surface area (Å²) in [7, 11) is 0. The van der Waals surface area contributed by atoms with Crippen LogP contribution in [0.15, 0.2) is 30.3 Å². The van der Waals surface area contributed by atoms with Crippen molar-refractivity contribution in [2.45, 2.75) is 39.2 Å². The SMILES string of the molecule is CC(CCc1ccccc1)C(C)(C)[O]. The summed E-state index contributed by atoms with van der Waals surface area (Å²) in [6, 6.07) is 10.3. The van der Waals surface area contributed by atoms with Gasteiger partial charge in [-0.15, -0.1) is 0 Å². The highest BCUT2D eigenvalue weighted by Crippen LogP contribution is 2.21. The highest BCUT2D eigenvalue weighted by Gasteiger charge is 2.23. The molecule has 1 nitrogen and oxygen atoms in total. The van der Waals surface area contributed by atoms with Crippen LogP contribution in [0.3, 0.4) is 0 Å². The van der Waals surface area contributed by atoms with E-state index in [-0.39, 0.29) is 5.92 Å². The van der Waals surface area contributed by atoms with Crippen molar-refractivity contribution in [3.8, 4) is 0 Å². The smallest absolute Gasteiger partial charge is 0.101 e. The van der Waals surface area contributed by atoms with E-state index in [0.29, 0.717) is 0 Å². The Balaban J connectivity index is 2.42. The number of hydrogen-bond donors (Lipinski definition) is 0. The maximum Gasteiger partial charge on any atom is 0.101 e. The molecule has 1 radical (unpaired) electrons. The average Bonchev–Trinajstić information content (AvgIpc) is 2.14. The van der Waals surface area contributed by atoms with Gasteiger partial charge in [0.05, 0.1) is 0 Å². The minimum Gasteiger partial charge on any atom is -0.230 e. The lowest BCUT2D eigenvalue weighted by Crippen LogP contribution is -2.27. The summed E-state index contributed by atoms with van der Waals surface area (Å²) in [5.74, 6) is 0.225. The minimum absolute atomic E-state index is 0.225. The van der Waals surface area contributed by atoms with E-state index in [1.54, 1.807) is 13.8 Å². The molecule has 1 aromatic carbocycles. The molecular weight excluding hydrogens is 172 g/mol. The van der Waals surface area contributed by atoms with Crippen LogP contribution in [0.2, 0.25) is 0 Å². The Labute approximate surface area is 86.8 Å². The molecule has 0 amide bonds. The maximum absolute atomic E-state index is 11.6. The third-order valence-electron chi connectivity index (χ3n) is 2.90. The fraction of sp³-hybridized carbons (Fsp3) is 0.538. The van der Waals surface area contributed by atoms with Crippen LogP contribution in [-0.2, 0) is 11.5 Å². The molecule has 0 heterocycles. The van der Waals surface area contributed by atoms with Crippen LogP contribution in [0.25, 0.3) is 0 Å². The molecule has 77 valence electrons. The van der Waals surface area contributed by atoms with Gasteiger partial charge < -0.3 is 0 Å². The summed E-state index contributed by atoms with van der Waals surface area (Å²) in [4.78, 5) is 0. The lowest BCUT2D eigenvalue weighted by Gasteiger charge is -2.23. The first kappa shape index (κ1) is 11.3. The normalized spacial score (nSPS) is 14.0. The van der Waals surface area contributed by atoms with Crippen LogP contribution in [-0.4, -0.2) is 5.60 Å². The van der Waals surface area contributed by atoms with Crippen molar-refractivity contribution in [1.29, 1.82) is 0 Å². The highest BCUT2D eigenvalue weighted by atomic mass is 16.3. The Kier molecular flexibility index (Phi) is 3.70. The van der Waals surface area contributed by atoms with Gasteiger partial charge in [0.1, 0.15) is 5.60 Å². The van der Waals surface area contributed by atoms with Crippen LogP contribution >= 0.6 is 0 Å². The molecule has 14 heavy (non-hydrogen) atoms. The zero-order valence-electron chi connectivity index (χ0n) is 9.29. The summed E-state index contributed by atoms with van der Waals surface area (Å²) in [6.07, 6.45) is 1.98. The van der Waals surface area contributed by atoms with Gasteiger partial charge in [0.2, 0.25) is 0 Å². The summed E-state index contributed by atoms with van der Waals surface area (Å²) < 4.78 is 0. The van der Waals surface area contributed by atoms with E-state index < -0.39 is 5.60 Å². The maximum atomic E-state index is 11.6. The predicted octanol–water partition coefficient (Wildman–Crippen LogP) is 3.46. The van der Waals surface area contributed by atoms with Gasteiger partial charge in [0.15, 0.2) is 0 Å². The molecule has 0 aliphatic rings. The molecule has 0 saturated heterocycles. The topological polar surface area (TPSA) is 19.9 Å². The predicted molar refractivity (Wildman–Crippen MR) is 58.7 cm³/mol. The Hall–Kier alpha value is -0.820. The molecule has 1 atom stereocenters. The molecule has 0 bridgehead atoms. The van der Waals surface area contributed by atoms with Crippen molar-refractivity contribution in [3.63, 3.8) is 0 Å². The monoisotopic (exact) mass is 191 g/mol. The number of hydrogen-bond acceptors (Lipinski definition) is 0. The first-order valence-corrected chi connectivity index (χ1v) is 5.24. The van der Waals surface area contributed by atoms with Crippen LogP contribution in [0.1, 0.15) is 32.8 Å². The van der Waals surface area contributed by atoms with Gasteiger partial charge in [-0.05, 0) is 38.2 Å². The molecule has 0 N–H and O–H groups in total. The van der Waals surface area contributed by atoms with Crippen molar-refractivity contribution in [2.75, 3.05) is 0 Å². The fourth-order valence-corrected chi connectivity index (χ4v) is 1.38. The van der Waals surface area contributed by atoms with Crippen LogP contribution in [0.5, 0.6) is 0 Å². The quantitative estimate of drug-likeness (QED) is 0.694. The molecule has 0 aliphatic carbocycles. The Bertz CT molecular complexity index is 258. The van der Waals surface area contributed by atoms with Crippen molar-refractivity contribution in [1.82, 2.24) is 0 Å². The first-order chi connectivity index (χ1) is 6.50. The highest BCUT2D eigenvalue weighted by molar-refractivity contribution is 5.14. The molecule has 0 spiro atoms. The summed E-state index contributed by atoms with van der Waals surface area (Å²) in [6.45, 7) is 5.57. The van der Waals surface area contributed by atoms with Gasteiger partial charge in [-0.2, -0.15) is 0 Å². The Morgan fingerprint density at radius 2 is 1.79 bits per heavy atom. The van der Waals surface area contributed by atoms with Gasteiger partial charge in [0.25, 0.3) is 0 Å². The molecule has 1 heteroatoms. The van der Waals surface area contributed by atoms with Crippen LogP contribution in [0, 0.1) is 5.92 Å². The van der Waals surface area contributed by atoms with E-state index >= 15 is 0 Å². The van der Waals surface area contributed by atoms with Gasteiger partial charge in [-0.1, -0.05) is 37.3 Å². The fourth-order valence-electron chi connectivity index (χ4n) is 1.38. The molecule has 1 rings (SSSR count). The molecule has 1 aromatic rings. The van der Waals surface area contributed by atoms with Gasteiger partial charge >= 0.3 is 0 Å². The van der Waals surface area contributed by atoms with E-state index in [1.807, 2.05) is 25.1 Å². The number of rotatable bonds is 4.